The molecule has 0 amide bonds. The molecule has 1 heterocycles. The smallest absolute Gasteiger partial charge is 0.173 e. The zero-order valence-corrected chi connectivity index (χ0v) is 11.8. The summed E-state index contributed by atoms with van der Waals surface area (Å²) in [6.07, 6.45) is 0. The maximum Gasteiger partial charge on any atom is 0.173 e. The van der Waals surface area contributed by atoms with Gasteiger partial charge < -0.3 is 14.7 Å². The first-order valence-electron chi connectivity index (χ1n) is 5.94. The molecule has 0 aliphatic heterocycles. The van der Waals surface area contributed by atoms with Crippen molar-refractivity contribution in [3.8, 4) is 11.3 Å². The van der Waals surface area contributed by atoms with Gasteiger partial charge in [0.2, 0.25) is 0 Å². The SMILES string of the molecule is Cc1cccc(Cl)c1-c1noc(C(C)(C)O)c1CO. The van der Waals surface area contributed by atoms with Crippen molar-refractivity contribution in [3.05, 3.63) is 40.1 Å². The van der Waals surface area contributed by atoms with E-state index in [0.717, 1.165) is 5.56 Å². The second-order valence-corrected chi connectivity index (χ2v) is 5.39. The number of aliphatic hydroxyl groups excluding tert-OH is 1. The van der Waals surface area contributed by atoms with Crippen LogP contribution in [-0.4, -0.2) is 15.4 Å². The number of hydrogen-bond acceptors (Lipinski definition) is 4. The Bertz CT molecular complexity index is 579. The Balaban J connectivity index is 2.68. The fourth-order valence-corrected chi connectivity index (χ4v) is 2.38. The van der Waals surface area contributed by atoms with Crippen LogP contribution in [0.3, 0.4) is 0 Å². The molecule has 2 N–H and O–H groups in total. The average Bonchev–Trinajstić information content (AvgIpc) is 2.72. The predicted octanol–water partition coefficient (Wildman–Crippen LogP) is 3.02. The number of aryl methyl sites for hydroxylation is 1. The van der Waals surface area contributed by atoms with E-state index in [2.05, 4.69) is 5.16 Å². The lowest BCUT2D eigenvalue weighted by Gasteiger charge is -2.14. The quantitative estimate of drug-likeness (QED) is 0.907. The zero-order chi connectivity index (χ0) is 14.2. The molecule has 0 spiro atoms. The molecule has 5 heteroatoms. The van der Waals surface area contributed by atoms with Crippen molar-refractivity contribution in [3.63, 3.8) is 0 Å². The molecule has 102 valence electrons. The van der Waals surface area contributed by atoms with Crippen molar-refractivity contribution in [2.45, 2.75) is 33.0 Å². The van der Waals surface area contributed by atoms with Gasteiger partial charge in [-0.1, -0.05) is 28.9 Å². The fraction of sp³-hybridized carbons (Fsp3) is 0.357. The van der Waals surface area contributed by atoms with E-state index < -0.39 is 5.60 Å². The van der Waals surface area contributed by atoms with Crippen molar-refractivity contribution in [1.82, 2.24) is 5.16 Å². The number of hydrogen-bond donors (Lipinski definition) is 2. The summed E-state index contributed by atoms with van der Waals surface area (Å²) in [5.74, 6) is 0.254. The van der Waals surface area contributed by atoms with E-state index in [0.29, 0.717) is 21.8 Å². The molecular formula is C14H16ClNO3. The largest absolute Gasteiger partial charge is 0.391 e. The Hall–Kier alpha value is -1.36. The third-order valence-corrected chi connectivity index (χ3v) is 3.28. The second-order valence-electron chi connectivity index (χ2n) is 4.99. The highest BCUT2D eigenvalue weighted by Gasteiger charge is 2.29. The Morgan fingerprint density at radius 3 is 2.58 bits per heavy atom. The van der Waals surface area contributed by atoms with Gasteiger partial charge in [-0.05, 0) is 32.4 Å². The molecule has 0 fully saturated rings. The molecule has 4 nitrogen and oxygen atoms in total. The van der Waals surface area contributed by atoms with Gasteiger partial charge in [0.05, 0.1) is 17.2 Å². The molecule has 1 aromatic carbocycles. The maximum atomic E-state index is 10.0. The van der Waals surface area contributed by atoms with Crippen LogP contribution in [0.5, 0.6) is 0 Å². The summed E-state index contributed by atoms with van der Waals surface area (Å²) in [6.45, 7) is 4.79. The van der Waals surface area contributed by atoms with Crippen LogP contribution in [0.1, 0.15) is 30.7 Å². The number of aromatic nitrogens is 1. The normalized spacial score (nSPS) is 11.9. The zero-order valence-electron chi connectivity index (χ0n) is 11.1. The third kappa shape index (κ3) is 2.52. The minimum absolute atomic E-state index is 0.254. The third-order valence-electron chi connectivity index (χ3n) is 2.96. The number of benzene rings is 1. The molecule has 19 heavy (non-hydrogen) atoms. The predicted molar refractivity (Wildman–Crippen MR) is 72.9 cm³/mol. The van der Waals surface area contributed by atoms with Crippen LogP contribution in [0.4, 0.5) is 0 Å². The van der Waals surface area contributed by atoms with Crippen molar-refractivity contribution in [2.24, 2.45) is 0 Å². The summed E-state index contributed by atoms with van der Waals surface area (Å²) in [6, 6.07) is 5.50. The Morgan fingerprint density at radius 2 is 2.05 bits per heavy atom. The summed E-state index contributed by atoms with van der Waals surface area (Å²) >= 11 is 6.19. The molecule has 0 radical (unpaired) electrons. The van der Waals surface area contributed by atoms with Gasteiger partial charge in [0.15, 0.2) is 5.76 Å². The first-order valence-corrected chi connectivity index (χ1v) is 6.31. The molecular weight excluding hydrogens is 266 g/mol. The average molecular weight is 282 g/mol. The van der Waals surface area contributed by atoms with Crippen LogP contribution in [0, 0.1) is 6.92 Å². The van der Waals surface area contributed by atoms with Gasteiger partial charge in [-0.3, -0.25) is 0 Å². The summed E-state index contributed by atoms with van der Waals surface area (Å²) in [4.78, 5) is 0. The fourth-order valence-electron chi connectivity index (χ4n) is 2.07. The summed E-state index contributed by atoms with van der Waals surface area (Å²) in [5.41, 5.74) is 1.37. The van der Waals surface area contributed by atoms with Crippen molar-refractivity contribution >= 4 is 11.6 Å². The molecule has 0 unspecified atom stereocenters. The minimum Gasteiger partial charge on any atom is -0.391 e. The molecule has 0 saturated carbocycles. The molecule has 2 rings (SSSR count). The summed E-state index contributed by atoms with van der Waals surface area (Å²) in [5, 5.41) is 24.1. The molecule has 0 atom stereocenters. The number of halogens is 1. The molecule has 0 aliphatic carbocycles. The number of nitrogens with zero attached hydrogens (tertiary/aromatic N) is 1. The van der Waals surface area contributed by atoms with Crippen LogP contribution in [-0.2, 0) is 12.2 Å². The van der Waals surface area contributed by atoms with Crippen LogP contribution >= 0.6 is 11.6 Å². The van der Waals surface area contributed by atoms with Gasteiger partial charge in [-0.25, -0.2) is 0 Å². The van der Waals surface area contributed by atoms with Gasteiger partial charge in [0, 0.05) is 5.56 Å². The first kappa shape index (κ1) is 14.1. The number of aliphatic hydroxyl groups is 2. The topological polar surface area (TPSA) is 66.5 Å². The molecule has 0 aliphatic rings. The Kier molecular flexibility index (Phi) is 3.67. The summed E-state index contributed by atoms with van der Waals surface area (Å²) < 4.78 is 5.20. The Labute approximate surface area is 116 Å². The standard InChI is InChI=1S/C14H16ClNO3/c1-8-5-4-6-10(15)11(8)12-9(7-17)13(19-16-12)14(2,3)18/h4-6,17-18H,7H2,1-3H3. The van der Waals surface area contributed by atoms with Gasteiger partial charge in [-0.2, -0.15) is 0 Å². The number of rotatable bonds is 3. The highest BCUT2D eigenvalue weighted by atomic mass is 35.5. The van der Waals surface area contributed by atoms with E-state index in [9.17, 15) is 10.2 Å². The van der Waals surface area contributed by atoms with E-state index in [1.807, 2.05) is 19.1 Å². The lowest BCUT2D eigenvalue weighted by molar-refractivity contribution is 0.0448. The van der Waals surface area contributed by atoms with E-state index in [-0.39, 0.29) is 12.4 Å². The van der Waals surface area contributed by atoms with E-state index in [1.165, 1.54) is 0 Å². The second kappa shape index (κ2) is 4.96. The highest BCUT2D eigenvalue weighted by Crippen LogP contribution is 2.36. The van der Waals surface area contributed by atoms with E-state index in [4.69, 9.17) is 16.1 Å². The van der Waals surface area contributed by atoms with Crippen LogP contribution in [0.15, 0.2) is 22.7 Å². The van der Waals surface area contributed by atoms with Gasteiger partial charge >= 0.3 is 0 Å². The van der Waals surface area contributed by atoms with Crippen molar-refractivity contribution in [2.75, 3.05) is 0 Å². The highest BCUT2D eigenvalue weighted by molar-refractivity contribution is 6.33. The lowest BCUT2D eigenvalue weighted by atomic mass is 9.96. The van der Waals surface area contributed by atoms with E-state index >= 15 is 0 Å². The lowest BCUT2D eigenvalue weighted by Crippen LogP contribution is -2.16. The molecule has 0 saturated heterocycles. The van der Waals surface area contributed by atoms with Gasteiger partial charge in [-0.15, -0.1) is 0 Å². The first-order chi connectivity index (χ1) is 8.86. The monoisotopic (exact) mass is 281 g/mol. The van der Waals surface area contributed by atoms with Crippen LogP contribution < -0.4 is 0 Å². The van der Waals surface area contributed by atoms with Gasteiger partial charge in [0.25, 0.3) is 0 Å². The minimum atomic E-state index is -1.21. The molecule has 0 bridgehead atoms. The van der Waals surface area contributed by atoms with Crippen molar-refractivity contribution < 1.29 is 14.7 Å². The van der Waals surface area contributed by atoms with Gasteiger partial charge in [0.1, 0.15) is 11.3 Å². The van der Waals surface area contributed by atoms with Crippen LogP contribution in [0.25, 0.3) is 11.3 Å². The summed E-state index contributed by atoms with van der Waals surface area (Å²) in [7, 11) is 0. The molecule has 2 aromatic rings. The van der Waals surface area contributed by atoms with E-state index in [1.54, 1.807) is 19.9 Å². The Morgan fingerprint density at radius 1 is 1.37 bits per heavy atom. The maximum absolute atomic E-state index is 10.0. The van der Waals surface area contributed by atoms with Crippen molar-refractivity contribution in [1.29, 1.82) is 0 Å². The molecule has 1 aromatic heterocycles. The van der Waals surface area contributed by atoms with Crippen LogP contribution in [0.2, 0.25) is 5.02 Å².